The molecule has 3 aromatic rings. The number of hydrogen-bond acceptors (Lipinski definition) is 4. The molecule has 1 unspecified atom stereocenters. The van der Waals surface area contributed by atoms with Crippen LogP contribution in [0.3, 0.4) is 0 Å². The number of thiazole rings is 1. The zero-order valence-corrected chi connectivity index (χ0v) is 14.8. The molecule has 0 saturated heterocycles. The molecule has 0 aliphatic heterocycles. The Morgan fingerprint density at radius 1 is 1.21 bits per heavy atom. The lowest BCUT2D eigenvalue weighted by Gasteiger charge is -2.18. The highest BCUT2D eigenvalue weighted by atomic mass is 32.1. The van der Waals surface area contributed by atoms with Crippen LogP contribution in [-0.2, 0) is 11.2 Å². The molecule has 1 saturated carbocycles. The van der Waals surface area contributed by atoms with Crippen molar-refractivity contribution < 1.29 is 4.79 Å². The Morgan fingerprint density at radius 3 is 2.75 bits per heavy atom. The molecule has 0 radical (unpaired) electrons. The van der Waals surface area contributed by atoms with E-state index in [4.69, 9.17) is 0 Å². The minimum atomic E-state index is 0.0536. The van der Waals surface area contributed by atoms with Gasteiger partial charge in [0, 0.05) is 16.3 Å². The van der Waals surface area contributed by atoms with E-state index in [1.165, 1.54) is 18.4 Å². The number of carbonyl (C=O) groups excluding carboxylic acids is 1. The van der Waals surface area contributed by atoms with Crippen LogP contribution in [0.5, 0.6) is 0 Å². The van der Waals surface area contributed by atoms with Gasteiger partial charge in [-0.2, -0.15) is 11.3 Å². The van der Waals surface area contributed by atoms with E-state index in [1.807, 2.05) is 29.0 Å². The van der Waals surface area contributed by atoms with Gasteiger partial charge in [-0.15, -0.1) is 11.3 Å². The van der Waals surface area contributed by atoms with Crippen LogP contribution in [0.15, 0.2) is 52.5 Å². The number of thiophene rings is 1. The number of benzene rings is 1. The molecule has 1 aromatic carbocycles. The molecule has 1 N–H and O–H groups in total. The first-order valence-corrected chi connectivity index (χ1v) is 9.93. The highest BCUT2D eigenvalue weighted by Gasteiger charge is 2.33. The lowest BCUT2D eigenvalue weighted by Crippen LogP contribution is -2.31. The van der Waals surface area contributed by atoms with Crippen LogP contribution in [0.1, 0.15) is 30.1 Å². The minimum absolute atomic E-state index is 0.0536. The number of carbonyl (C=O) groups is 1. The molecule has 1 aliphatic rings. The average molecular weight is 355 g/mol. The maximum absolute atomic E-state index is 12.5. The Kier molecular flexibility index (Phi) is 4.45. The smallest absolute Gasteiger partial charge is 0.226 e. The summed E-state index contributed by atoms with van der Waals surface area (Å²) in [6.45, 7) is 0. The van der Waals surface area contributed by atoms with Crippen molar-refractivity contribution in [1.29, 1.82) is 0 Å². The van der Waals surface area contributed by atoms with Gasteiger partial charge >= 0.3 is 0 Å². The van der Waals surface area contributed by atoms with E-state index < -0.39 is 0 Å². The van der Waals surface area contributed by atoms with Gasteiger partial charge < -0.3 is 5.32 Å². The molecule has 2 heterocycles. The number of hydrogen-bond donors (Lipinski definition) is 1. The molecule has 1 atom stereocenters. The van der Waals surface area contributed by atoms with E-state index >= 15 is 0 Å². The van der Waals surface area contributed by atoms with Gasteiger partial charge in [-0.1, -0.05) is 30.3 Å². The van der Waals surface area contributed by atoms with Crippen molar-refractivity contribution in [2.75, 3.05) is 0 Å². The predicted octanol–water partition coefficient (Wildman–Crippen LogP) is 4.68. The summed E-state index contributed by atoms with van der Waals surface area (Å²) in [5.74, 6) is 0.631. The summed E-state index contributed by atoms with van der Waals surface area (Å²) in [5, 5.41) is 10.3. The molecule has 4 rings (SSSR count). The summed E-state index contributed by atoms with van der Waals surface area (Å²) < 4.78 is 0. The lowest BCUT2D eigenvalue weighted by molar-refractivity contribution is -0.121. The SMILES string of the molecule is O=C(Cc1csc(-c2ccsc2)n1)NC(c1ccccc1)C1CC1. The fourth-order valence-electron chi connectivity index (χ4n) is 2.86. The first-order chi connectivity index (χ1) is 11.8. The van der Waals surface area contributed by atoms with Crippen molar-refractivity contribution in [3.8, 4) is 10.6 Å². The third-order valence-corrected chi connectivity index (χ3v) is 5.85. The molecule has 3 nitrogen and oxygen atoms in total. The lowest BCUT2D eigenvalue weighted by atomic mass is 10.0. The van der Waals surface area contributed by atoms with Gasteiger partial charge in [0.1, 0.15) is 5.01 Å². The monoisotopic (exact) mass is 354 g/mol. The summed E-state index contributed by atoms with van der Waals surface area (Å²) in [5.41, 5.74) is 3.18. The largest absolute Gasteiger partial charge is 0.349 e. The third-order valence-electron chi connectivity index (χ3n) is 4.23. The van der Waals surface area contributed by atoms with Gasteiger partial charge in [0.05, 0.1) is 18.2 Å². The van der Waals surface area contributed by atoms with Crippen LogP contribution >= 0.6 is 22.7 Å². The molecule has 1 amide bonds. The summed E-state index contributed by atoms with van der Waals surface area (Å²) >= 11 is 3.26. The number of nitrogens with one attached hydrogen (secondary N) is 1. The number of rotatable bonds is 6. The predicted molar refractivity (Wildman–Crippen MR) is 99.2 cm³/mol. The van der Waals surface area contributed by atoms with Crippen molar-refractivity contribution >= 4 is 28.6 Å². The van der Waals surface area contributed by atoms with Gasteiger partial charge in [-0.25, -0.2) is 4.98 Å². The molecular weight excluding hydrogens is 336 g/mol. The van der Waals surface area contributed by atoms with Crippen molar-refractivity contribution in [2.45, 2.75) is 25.3 Å². The number of aromatic nitrogens is 1. The molecule has 5 heteroatoms. The highest BCUT2D eigenvalue weighted by molar-refractivity contribution is 7.14. The minimum Gasteiger partial charge on any atom is -0.349 e. The molecule has 24 heavy (non-hydrogen) atoms. The Hall–Kier alpha value is -1.98. The summed E-state index contributed by atoms with van der Waals surface area (Å²) in [7, 11) is 0. The topological polar surface area (TPSA) is 42.0 Å². The Balaban J connectivity index is 1.42. The quantitative estimate of drug-likeness (QED) is 0.698. The van der Waals surface area contributed by atoms with E-state index in [0.29, 0.717) is 12.3 Å². The second-order valence-corrected chi connectivity index (χ2v) is 7.76. The van der Waals surface area contributed by atoms with Gasteiger partial charge in [0.25, 0.3) is 0 Å². The standard InChI is InChI=1S/C19H18N2OS2/c22-17(10-16-12-24-19(20-16)15-8-9-23-11-15)21-18(14-6-7-14)13-4-2-1-3-5-13/h1-5,8-9,11-12,14,18H,6-7,10H2,(H,21,22). The zero-order valence-electron chi connectivity index (χ0n) is 13.1. The Bertz CT molecular complexity index is 807. The molecule has 0 spiro atoms. The van der Waals surface area contributed by atoms with Gasteiger partial charge in [0.2, 0.25) is 5.91 Å². The van der Waals surface area contributed by atoms with Crippen LogP contribution < -0.4 is 5.32 Å². The van der Waals surface area contributed by atoms with Crippen molar-refractivity contribution in [2.24, 2.45) is 5.92 Å². The number of nitrogens with zero attached hydrogens (tertiary/aromatic N) is 1. The Labute approximate surface area is 149 Å². The normalized spacial score (nSPS) is 15.2. The van der Waals surface area contributed by atoms with Crippen LogP contribution in [0.2, 0.25) is 0 Å². The summed E-state index contributed by atoms with van der Waals surface area (Å²) in [6.07, 6.45) is 2.73. The first kappa shape index (κ1) is 15.5. The van der Waals surface area contributed by atoms with E-state index in [2.05, 4.69) is 33.9 Å². The van der Waals surface area contributed by atoms with E-state index in [0.717, 1.165) is 16.3 Å². The van der Waals surface area contributed by atoms with E-state index in [1.54, 1.807) is 22.7 Å². The van der Waals surface area contributed by atoms with Crippen LogP contribution in [0.4, 0.5) is 0 Å². The molecule has 2 aromatic heterocycles. The first-order valence-electron chi connectivity index (χ1n) is 8.11. The fraction of sp³-hybridized carbons (Fsp3) is 0.263. The molecule has 122 valence electrons. The Morgan fingerprint density at radius 2 is 2.04 bits per heavy atom. The number of amides is 1. The van der Waals surface area contributed by atoms with Gasteiger partial charge in [-0.3, -0.25) is 4.79 Å². The van der Waals surface area contributed by atoms with Crippen molar-refractivity contribution in [3.63, 3.8) is 0 Å². The second-order valence-electron chi connectivity index (χ2n) is 6.13. The molecule has 1 fully saturated rings. The summed E-state index contributed by atoms with van der Waals surface area (Å²) in [4.78, 5) is 17.1. The van der Waals surface area contributed by atoms with Crippen LogP contribution in [0.25, 0.3) is 10.6 Å². The van der Waals surface area contributed by atoms with E-state index in [-0.39, 0.29) is 11.9 Å². The molecular formula is C19H18N2OS2. The van der Waals surface area contributed by atoms with Crippen molar-refractivity contribution in [3.05, 3.63) is 63.8 Å². The summed E-state index contributed by atoms with van der Waals surface area (Å²) in [6, 6.07) is 12.5. The maximum atomic E-state index is 12.5. The fourth-order valence-corrected chi connectivity index (χ4v) is 4.39. The van der Waals surface area contributed by atoms with Gasteiger partial charge in [0.15, 0.2) is 0 Å². The highest BCUT2D eigenvalue weighted by Crippen LogP contribution is 2.41. The van der Waals surface area contributed by atoms with Crippen LogP contribution in [0, 0.1) is 5.92 Å². The molecule has 0 bridgehead atoms. The second kappa shape index (κ2) is 6.87. The maximum Gasteiger partial charge on any atom is 0.226 e. The van der Waals surface area contributed by atoms with Crippen LogP contribution in [-0.4, -0.2) is 10.9 Å². The third kappa shape index (κ3) is 3.57. The van der Waals surface area contributed by atoms with E-state index in [9.17, 15) is 4.79 Å². The molecule has 1 aliphatic carbocycles. The average Bonchev–Trinajstić information content (AvgIpc) is 3.09. The van der Waals surface area contributed by atoms with Gasteiger partial charge in [-0.05, 0) is 35.8 Å². The van der Waals surface area contributed by atoms with Crippen molar-refractivity contribution in [1.82, 2.24) is 10.3 Å². The zero-order chi connectivity index (χ0) is 16.4.